The van der Waals surface area contributed by atoms with Crippen molar-refractivity contribution in [1.29, 1.82) is 0 Å². The number of aromatic hydroxyl groups is 1. The standard InChI is InChI=1S/C16H24O2/c1-5-6-7-8-14(17)12-9-10-15(18)13(11-12)16(2,3)4/h9-11,18H,5-8H2,1-4H3. The first kappa shape index (κ1) is 14.7. The zero-order valence-corrected chi connectivity index (χ0v) is 11.9. The van der Waals surface area contributed by atoms with Gasteiger partial charge >= 0.3 is 0 Å². The summed E-state index contributed by atoms with van der Waals surface area (Å²) < 4.78 is 0. The molecule has 0 fully saturated rings. The molecule has 18 heavy (non-hydrogen) atoms. The molecule has 2 heteroatoms. The third-order valence-electron chi connectivity index (χ3n) is 3.13. The van der Waals surface area contributed by atoms with Crippen LogP contribution in [0, 0.1) is 0 Å². The molecule has 0 bridgehead atoms. The Hall–Kier alpha value is -1.31. The molecule has 1 aromatic carbocycles. The summed E-state index contributed by atoms with van der Waals surface area (Å²) in [4.78, 5) is 12.0. The Bertz CT molecular complexity index is 414. The minimum atomic E-state index is -0.149. The lowest BCUT2D eigenvalue weighted by molar-refractivity contribution is 0.0979. The summed E-state index contributed by atoms with van der Waals surface area (Å²) in [5.74, 6) is 0.446. The average molecular weight is 248 g/mol. The van der Waals surface area contributed by atoms with Gasteiger partial charge in [-0.2, -0.15) is 0 Å². The predicted molar refractivity (Wildman–Crippen MR) is 75.3 cm³/mol. The van der Waals surface area contributed by atoms with Crippen LogP contribution in [0.5, 0.6) is 5.75 Å². The number of phenols is 1. The molecule has 100 valence electrons. The highest BCUT2D eigenvalue weighted by Gasteiger charge is 2.19. The molecular formula is C16H24O2. The molecule has 0 unspecified atom stereocenters. The molecule has 0 radical (unpaired) electrons. The lowest BCUT2D eigenvalue weighted by Crippen LogP contribution is -2.12. The zero-order valence-electron chi connectivity index (χ0n) is 11.9. The van der Waals surface area contributed by atoms with Crippen LogP contribution < -0.4 is 0 Å². The van der Waals surface area contributed by atoms with Crippen molar-refractivity contribution >= 4 is 5.78 Å². The molecular weight excluding hydrogens is 224 g/mol. The van der Waals surface area contributed by atoms with Crippen molar-refractivity contribution < 1.29 is 9.90 Å². The summed E-state index contributed by atoms with van der Waals surface area (Å²) in [6.45, 7) is 8.23. The van der Waals surface area contributed by atoms with Gasteiger partial charge < -0.3 is 5.11 Å². The van der Waals surface area contributed by atoms with E-state index >= 15 is 0 Å². The number of ketones is 1. The molecule has 0 aliphatic carbocycles. The SMILES string of the molecule is CCCCCC(=O)c1ccc(O)c(C(C)(C)C)c1. The number of rotatable bonds is 5. The monoisotopic (exact) mass is 248 g/mol. The maximum atomic E-state index is 12.0. The topological polar surface area (TPSA) is 37.3 Å². The molecule has 2 nitrogen and oxygen atoms in total. The van der Waals surface area contributed by atoms with Gasteiger partial charge in [-0.3, -0.25) is 4.79 Å². The first-order chi connectivity index (χ1) is 8.36. The Kier molecular flexibility index (Phi) is 4.94. The molecule has 1 N–H and O–H groups in total. The van der Waals surface area contributed by atoms with Crippen LogP contribution in [-0.2, 0) is 5.41 Å². The zero-order chi connectivity index (χ0) is 13.8. The van der Waals surface area contributed by atoms with E-state index in [1.54, 1.807) is 12.1 Å². The predicted octanol–water partition coefficient (Wildman–Crippen LogP) is 4.45. The number of hydrogen-bond donors (Lipinski definition) is 1. The van der Waals surface area contributed by atoms with Crippen LogP contribution >= 0.6 is 0 Å². The molecule has 0 heterocycles. The van der Waals surface area contributed by atoms with E-state index in [-0.39, 0.29) is 16.9 Å². The van der Waals surface area contributed by atoms with Crippen LogP contribution in [0.3, 0.4) is 0 Å². The number of carbonyl (C=O) groups is 1. The van der Waals surface area contributed by atoms with Gasteiger partial charge in [-0.25, -0.2) is 0 Å². The van der Waals surface area contributed by atoms with E-state index in [0.717, 1.165) is 24.8 Å². The number of benzene rings is 1. The second-order valence-corrected chi connectivity index (χ2v) is 5.86. The number of unbranched alkanes of at least 4 members (excludes halogenated alkanes) is 2. The highest BCUT2D eigenvalue weighted by atomic mass is 16.3. The Balaban J connectivity index is 2.88. The van der Waals surface area contributed by atoms with Crippen molar-refractivity contribution in [1.82, 2.24) is 0 Å². The van der Waals surface area contributed by atoms with Crippen LogP contribution in [0.4, 0.5) is 0 Å². The van der Waals surface area contributed by atoms with Crippen molar-refractivity contribution in [2.24, 2.45) is 0 Å². The second kappa shape index (κ2) is 6.03. The minimum absolute atomic E-state index is 0.149. The summed E-state index contributed by atoms with van der Waals surface area (Å²) in [5.41, 5.74) is 1.40. The van der Waals surface area contributed by atoms with Crippen molar-refractivity contribution in [2.75, 3.05) is 0 Å². The van der Waals surface area contributed by atoms with Crippen LogP contribution in [0.15, 0.2) is 18.2 Å². The number of carbonyl (C=O) groups excluding carboxylic acids is 1. The largest absolute Gasteiger partial charge is 0.508 e. The van der Waals surface area contributed by atoms with Crippen molar-refractivity contribution in [3.05, 3.63) is 29.3 Å². The van der Waals surface area contributed by atoms with Crippen LogP contribution in [-0.4, -0.2) is 10.9 Å². The van der Waals surface area contributed by atoms with E-state index in [1.165, 1.54) is 0 Å². The van der Waals surface area contributed by atoms with E-state index < -0.39 is 0 Å². The highest BCUT2D eigenvalue weighted by Crippen LogP contribution is 2.31. The Labute approximate surface area is 110 Å². The summed E-state index contributed by atoms with van der Waals surface area (Å²) in [6, 6.07) is 5.19. The third kappa shape index (κ3) is 3.86. The Morgan fingerprint density at radius 3 is 2.44 bits per heavy atom. The van der Waals surface area contributed by atoms with Crippen LogP contribution in [0.1, 0.15) is 69.3 Å². The lowest BCUT2D eigenvalue weighted by Gasteiger charge is -2.21. The summed E-state index contributed by atoms with van der Waals surface area (Å²) in [7, 11) is 0. The molecule has 0 atom stereocenters. The molecule has 0 aliphatic rings. The van der Waals surface area contributed by atoms with Gasteiger partial charge in [-0.15, -0.1) is 0 Å². The third-order valence-corrected chi connectivity index (χ3v) is 3.13. The fourth-order valence-corrected chi connectivity index (χ4v) is 1.99. The minimum Gasteiger partial charge on any atom is -0.508 e. The number of phenolic OH excluding ortho intramolecular Hbond substituents is 1. The average Bonchev–Trinajstić information content (AvgIpc) is 2.28. The van der Waals surface area contributed by atoms with Gasteiger partial charge in [0.15, 0.2) is 5.78 Å². The van der Waals surface area contributed by atoms with Crippen molar-refractivity contribution in [3.8, 4) is 5.75 Å². The van der Waals surface area contributed by atoms with Gasteiger partial charge in [0.1, 0.15) is 5.75 Å². The fraction of sp³-hybridized carbons (Fsp3) is 0.562. The Morgan fingerprint density at radius 1 is 1.22 bits per heavy atom. The maximum Gasteiger partial charge on any atom is 0.162 e. The molecule has 1 rings (SSSR count). The van der Waals surface area contributed by atoms with Crippen LogP contribution in [0.2, 0.25) is 0 Å². The van der Waals surface area contributed by atoms with Gasteiger partial charge in [-0.1, -0.05) is 40.5 Å². The molecule has 0 saturated heterocycles. The summed E-state index contributed by atoms with van der Waals surface area (Å²) in [5, 5.41) is 9.86. The van der Waals surface area contributed by atoms with E-state index in [4.69, 9.17) is 0 Å². The molecule has 1 aromatic rings. The van der Waals surface area contributed by atoms with Gasteiger partial charge in [0.25, 0.3) is 0 Å². The first-order valence-corrected chi connectivity index (χ1v) is 6.73. The highest BCUT2D eigenvalue weighted by molar-refractivity contribution is 5.96. The van der Waals surface area contributed by atoms with Crippen molar-refractivity contribution in [2.45, 2.75) is 58.8 Å². The molecule has 0 saturated carbocycles. The Morgan fingerprint density at radius 2 is 1.89 bits per heavy atom. The molecule has 0 aliphatic heterocycles. The van der Waals surface area contributed by atoms with Gasteiger partial charge in [0, 0.05) is 12.0 Å². The van der Waals surface area contributed by atoms with E-state index in [1.807, 2.05) is 26.8 Å². The van der Waals surface area contributed by atoms with Gasteiger partial charge in [0.05, 0.1) is 0 Å². The number of Topliss-reactive ketones (excluding diaryl/α,β-unsaturated/α-hetero) is 1. The van der Waals surface area contributed by atoms with Gasteiger partial charge in [0.2, 0.25) is 0 Å². The first-order valence-electron chi connectivity index (χ1n) is 6.73. The fourth-order valence-electron chi connectivity index (χ4n) is 1.99. The van der Waals surface area contributed by atoms with Crippen molar-refractivity contribution in [3.63, 3.8) is 0 Å². The van der Waals surface area contributed by atoms with E-state index in [2.05, 4.69) is 6.92 Å². The van der Waals surface area contributed by atoms with Crippen LogP contribution in [0.25, 0.3) is 0 Å². The summed E-state index contributed by atoms with van der Waals surface area (Å²) >= 11 is 0. The lowest BCUT2D eigenvalue weighted by atomic mass is 9.85. The quantitative estimate of drug-likeness (QED) is 0.617. The normalized spacial score (nSPS) is 11.6. The molecule has 0 amide bonds. The smallest absolute Gasteiger partial charge is 0.162 e. The number of hydrogen-bond acceptors (Lipinski definition) is 2. The molecule has 0 spiro atoms. The maximum absolute atomic E-state index is 12.0. The molecule has 0 aromatic heterocycles. The van der Waals surface area contributed by atoms with Gasteiger partial charge in [-0.05, 0) is 35.6 Å². The summed E-state index contributed by atoms with van der Waals surface area (Å²) in [6.07, 6.45) is 3.76. The van der Waals surface area contributed by atoms with E-state index in [9.17, 15) is 9.90 Å². The van der Waals surface area contributed by atoms with E-state index in [0.29, 0.717) is 12.0 Å². The second-order valence-electron chi connectivity index (χ2n) is 5.86.